The number of aromatic nitrogens is 2. The molecule has 2 heterocycles. The molecule has 41 heavy (non-hydrogen) atoms. The van der Waals surface area contributed by atoms with Crippen molar-refractivity contribution in [2.45, 2.75) is 25.5 Å². The minimum atomic E-state index is -0.923. The summed E-state index contributed by atoms with van der Waals surface area (Å²) >= 11 is 6.34. The molecular weight excluding hydrogens is 546 g/mol. The Hall–Kier alpha value is -5.14. The van der Waals surface area contributed by atoms with Crippen LogP contribution in [0.15, 0.2) is 87.6 Å². The number of fused-ring (bicyclic) bond motifs is 1. The molecular formula is C30H24ClN5O5. The van der Waals surface area contributed by atoms with E-state index in [1.54, 1.807) is 48.5 Å². The van der Waals surface area contributed by atoms with E-state index in [0.29, 0.717) is 44.9 Å². The molecule has 10 nitrogen and oxygen atoms in total. The van der Waals surface area contributed by atoms with Crippen LogP contribution in [0.25, 0.3) is 11.0 Å². The lowest BCUT2D eigenvalue weighted by molar-refractivity contribution is -0.140. The number of nitrogens with zero attached hydrogens (tertiary/aromatic N) is 2. The standard InChI is InChI=1S/C30H24ClN5O5/c1-36-24-12-10-20(14-23(24)33-27(37)28(36)38)26-25(29(39)41-16-18-6-4-5-17(13-18)15-32)22(34-30(40)35-26)11-9-19-7-2-3-8-21(19)31/h2-8,10,12-14,26H,9,11,16H2,1H3,(H,33,37)(H2,34,35,40). The van der Waals surface area contributed by atoms with Gasteiger partial charge >= 0.3 is 23.1 Å². The Morgan fingerprint density at radius 1 is 1.05 bits per heavy atom. The first kappa shape index (κ1) is 27.4. The van der Waals surface area contributed by atoms with Crippen molar-refractivity contribution in [1.82, 2.24) is 20.2 Å². The first-order valence-electron chi connectivity index (χ1n) is 12.7. The molecule has 3 N–H and O–H groups in total. The summed E-state index contributed by atoms with van der Waals surface area (Å²) in [5.41, 5.74) is 2.29. The predicted octanol–water partition coefficient (Wildman–Crippen LogP) is 3.74. The van der Waals surface area contributed by atoms with Crippen molar-refractivity contribution in [2.75, 3.05) is 0 Å². The van der Waals surface area contributed by atoms with E-state index in [4.69, 9.17) is 16.3 Å². The summed E-state index contributed by atoms with van der Waals surface area (Å²) in [5.74, 6) is -0.673. The van der Waals surface area contributed by atoms with Crippen LogP contribution in [-0.4, -0.2) is 21.6 Å². The molecule has 2 amide bonds. The lowest BCUT2D eigenvalue weighted by Gasteiger charge is -2.30. The van der Waals surface area contributed by atoms with Gasteiger partial charge in [0, 0.05) is 17.8 Å². The highest BCUT2D eigenvalue weighted by molar-refractivity contribution is 6.31. The fourth-order valence-corrected chi connectivity index (χ4v) is 5.02. The minimum absolute atomic E-state index is 0.0938. The Bertz CT molecular complexity index is 1880. The molecule has 1 unspecified atom stereocenters. The van der Waals surface area contributed by atoms with Crippen molar-refractivity contribution >= 4 is 34.6 Å². The fraction of sp³-hybridized carbons (Fsp3) is 0.167. The van der Waals surface area contributed by atoms with E-state index in [9.17, 15) is 24.4 Å². The number of esters is 1. The number of hydrogen-bond acceptors (Lipinski definition) is 6. The van der Waals surface area contributed by atoms with E-state index in [0.717, 1.165) is 5.56 Å². The smallest absolute Gasteiger partial charge is 0.338 e. The summed E-state index contributed by atoms with van der Waals surface area (Å²) < 4.78 is 6.91. The van der Waals surface area contributed by atoms with Crippen molar-refractivity contribution in [3.05, 3.63) is 126 Å². The van der Waals surface area contributed by atoms with E-state index >= 15 is 0 Å². The summed E-state index contributed by atoms with van der Waals surface area (Å²) in [7, 11) is 1.49. The number of hydrogen-bond donors (Lipinski definition) is 3. The number of aromatic amines is 1. The zero-order chi connectivity index (χ0) is 29.1. The highest BCUT2D eigenvalue weighted by atomic mass is 35.5. The number of rotatable bonds is 7. The summed E-state index contributed by atoms with van der Waals surface area (Å²) in [6, 6.07) is 19.6. The molecule has 0 saturated carbocycles. The van der Waals surface area contributed by atoms with Gasteiger partial charge in [-0.1, -0.05) is 48.0 Å². The second kappa shape index (κ2) is 11.5. The number of nitriles is 1. The highest BCUT2D eigenvalue weighted by Crippen LogP contribution is 2.31. The van der Waals surface area contributed by atoms with Crippen LogP contribution in [-0.2, 0) is 29.6 Å². The summed E-state index contributed by atoms with van der Waals surface area (Å²) in [6.45, 7) is -0.0938. The molecule has 0 radical (unpaired) electrons. The third-order valence-corrected chi connectivity index (χ3v) is 7.23. The number of benzene rings is 3. The van der Waals surface area contributed by atoms with Gasteiger partial charge in [-0.3, -0.25) is 9.59 Å². The number of nitrogens with one attached hydrogen (secondary N) is 3. The van der Waals surface area contributed by atoms with Crippen LogP contribution in [0.1, 0.15) is 34.7 Å². The van der Waals surface area contributed by atoms with Gasteiger partial charge in [-0.05, 0) is 59.9 Å². The molecule has 1 aliphatic rings. The lowest BCUT2D eigenvalue weighted by Crippen LogP contribution is -2.46. The topological polar surface area (TPSA) is 146 Å². The lowest BCUT2D eigenvalue weighted by atomic mass is 9.92. The number of H-pyrrole nitrogens is 1. The third kappa shape index (κ3) is 5.76. The van der Waals surface area contributed by atoms with Crippen LogP contribution in [0.5, 0.6) is 0 Å². The summed E-state index contributed by atoms with van der Waals surface area (Å²) in [4.78, 5) is 53.3. The number of carbonyl (C=O) groups excluding carboxylic acids is 2. The zero-order valence-corrected chi connectivity index (χ0v) is 22.6. The number of ether oxygens (including phenoxy) is 1. The molecule has 0 bridgehead atoms. The number of carbonyl (C=O) groups is 2. The largest absolute Gasteiger partial charge is 0.457 e. The average molecular weight is 570 g/mol. The number of halogens is 1. The third-order valence-electron chi connectivity index (χ3n) is 6.86. The van der Waals surface area contributed by atoms with Crippen LogP contribution in [0.3, 0.4) is 0 Å². The van der Waals surface area contributed by atoms with Gasteiger partial charge < -0.3 is 24.9 Å². The molecule has 4 aromatic rings. The molecule has 0 aliphatic carbocycles. The van der Waals surface area contributed by atoms with Gasteiger partial charge in [-0.15, -0.1) is 0 Å². The monoisotopic (exact) mass is 569 g/mol. The number of urea groups is 1. The van der Waals surface area contributed by atoms with Gasteiger partial charge in [0.1, 0.15) is 6.61 Å². The number of aryl methyl sites for hydroxylation is 2. The molecule has 206 valence electrons. The molecule has 0 fully saturated rings. The Kier molecular flexibility index (Phi) is 7.72. The van der Waals surface area contributed by atoms with Gasteiger partial charge in [0.25, 0.3) is 0 Å². The zero-order valence-electron chi connectivity index (χ0n) is 21.9. The van der Waals surface area contributed by atoms with Crippen LogP contribution in [0.4, 0.5) is 4.79 Å². The van der Waals surface area contributed by atoms with E-state index in [2.05, 4.69) is 21.7 Å². The molecule has 5 rings (SSSR count). The molecule has 1 atom stereocenters. The van der Waals surface area contributed by atoms with Crippen LogP contribution < -0.4 is 21.8 Å². The van der Waals surface area contributed by atoms with Crippen molar-refractivity contribution in [1.29, 1.82) is 5.26 Å². The van der Waals surface area contributed by atoms with Crippen LogP contribution >= 0.6 is 11.6 Å². The van der Waals surface area contributed by atoms with E-state index in [-0.39, 0.29) is 18.6 Å². The van der Waals surface area contributed by atoms with E-state index < -0.39 is 29.2 Å². The normalized spacial score (nSPS) is 14.8. The van der Waals surface area contributed by atoms with Gasteiger partial charge in [0.2, 0.25) is 0 Å². The number of amides is 2. The van der Waals surface area contributed by atoms with Crippen molar-refractivity contribution < 1.29 is 14.3 Å². The molecule has 1 aliphatic heterocycles. The number of allylic oxidation sites excluding steroid dienone is 1. The second-order valence-electron chi connectivity index (χ2n) is 9.50. The van der Waals surface area contributed by atoms with Gasteiger partial charge in [-0.2, -0.15) is 5.26 Å². The first-order valence-corrected chi connectivity index (χ1v) is 13.1. The molecule has 1 aromatic heterocycles. The van der Waals surface area contributed by atoms with Gasteiger partial charge in [0.15, 0.2) is 0 Å². The van der Waals surface area contributed by atoms with Gasteiger partial charge in [-0.25, -0.2) is 9.59 Å². The Balaban J connectivity index is 1.55. The van der Waals surface area contributed by atoms with Crippen LogP contribution in [0.2, 0.25) is 5.02 Å². The summed E-state index contributed by atoms with van der Waals surface area (Å²) in [5, 5.41) is 15.3. The Labute approximate surface area is 238 Å². The SMILES string of the molecule is Cn1c(=O)c(=O)[nH]c2cc(C3NC(=O)NC(CCc4ccccc4Cl)=C3C(=O)OCc3cccc(C#N)c3)ccc21. The Morgan fingerprint density at radius 3 is 2.63 bits per heavy atom. The molecule has 11 heteroatoms. The maximum absolute atomic E-state index is 13.7. The van der Waals surface area contributed by atoms with E-state index in [1.807, 2.05) is 18.2 Å². The Morgan fingerprint density at radius 2 is 1.85 bits per heavy atom. The maximum Gasteiger partial charge on any atom is 0.338 e. The van der Waals surface area contributed by atoms with Gasteiger partial charge in [0.05, 0.1) is 34.3 Å². The fourth-order valence-electron chi connectivity index (χ4n) is 4.79. The molecule has 0 spiro atoms. The maximum atomic E-state index is 13.7. The van der Waals surface area contributed by atoms with Crippen molar-refractivity contribution in [3.63, 3.8) is 0 Å². The predicted molar refractivity (Wildman–Crippen MR) is 152 cm³/mol. The van der Waals surface area contributed by atoms with E-state index in [1.165, 1.54) is 11.6 Å². The highest BCUT2D eigenvalue weighted by Gasteiger charge is 2.34. The van der Waals surface area contributed by atoms with Crippen molar-refractivity contribution in [3.8, 4) is 6.07 Å². The first-order chi connectivity index (χ1) is 19.7. The van der Waals surface area contributed by atoms with Crippen LogP contribution in [0, 0.1) is 11.3 Å². The average Bonchev–Trinajstić information content (AvgIpc) is 2.98. The summed E-state index contributed by atoms with van der Waals surface area (Å²) in [6.07, 6.45) is 0.719. The second-order valence-corrected chi connectivity index (χ2v) is 9.91. The minimum Gasteiger partial charge on any atom is -0.457 e. The quantitative estimate of drug-likeness (QED) is 0.228. The molecule has 0 saturated heterocycles. The molecule has 3 aromatic carbocycles. The van der Waals surface area contributed by atoms with Crippen molar-refractivity contribution in [2.24, 2.45) is 7.05 Å².